The predicted octanol–water partition coefficient (Wildman–Crippen LogP) is 5.62. The standard InChI is InChI=1S/C27H25ClN2O5/c1-18-23(27(31)30(29-18)20-7-5-4-6-8-20)15-19-16-24(28)26(25(17-19)33-3)35-14-13-34-22-11-9-21(32-2)10-12-22/h4-12,15-17H,13-14H2,1-3H3. The molecule has 0 atom stereocenters. The van der Waals surface area contributed by atoms with Gasteiger partial charge in [-0.05, 0) is 67.1 Å². The Balaban J connectivity index is 1.45. The summed E-state index contributed by atoms with van der Waals surface area (Å²) in [7, 11) is 3.15. The van der Waals surface area contributed by atoms with Gasteiger partial charge in [-0.1, -0.05) is 29.8 Å². The summed E-state index contributed by atoms with van der Waals surface area (Å²) >= 11 is 6.51. The highest BCUT2D eigenvalue weighted by atomic mass is 35.5. The molecule has 0 unspecified atom stereocenters. The number of carbonyl (C=O) groups is 1. The highest BCUT2D eigenvalue weighted by molar-refractivity contribution is 6.33. The van der Waals surface area contributed by atoms with Crippen LogP contribution in [0.1, 0.15) is 12.5 Å². The molecule has 3 aromatic rings. The van der Waals surface area contributed by atoms with E-state index in [9.17, 15) is 4.79 Å². The first-order valence-corrected chi connectivity index (χ1v) is 11.3. The van der Waals surface area contributed by atoms with E-state index >= 15 is 0 Å². The molecule has 1 aliphatic heterocycles. The third-order valence-electron chi connectivity index (χ3n) is 5.28. The van der Waals surface area contributed by atoms with E-state index in [1.54, 1.807) is 32.2 Å². The van der Waals surface area contributed by atoms with Crippen molar-refractivity contribution in [3.8, 4) is 23.0 Å². The summed E-state index contributed by atoms with van der Waals surface area (Å²) < 4.78 is 22.2. The lowest BCUT2D eigenvalue weighted by Crippen LogP contribution is -2.21. The van der Waals surface area contributed by atoms with Crippen LogP contribution in [-0.2, 0) is 4.79 Å². The van der Waals surface area contributed by atoms with Crippen LogP contribution in [0, 0.1) is 0 Å². The summed E-state index contributed by atoms with van der Waals surface area (Å²) in [6, 6.07) is 20.1. The van der Waals surface area contributed by atoms with Gasteiger partial charge in [-0.15, -0.1) is 0 Å². The van der Waals surface area contributed by atoms with Crippen LogP contribution in [0.4, 0.5) is 5.69 Å². The Morgan fingerprint density at radius 2 is 1.60 bits per heavy atom. The molecule has 7 nitrogen and oxygen atoms in total. The minimum absolute atomic E-state index is 0.209. The van der Waals surface area contributed by atoms with E-state index in [0.29, 0.717) is 51.4 Å². The number of para-hydroxylation sites is 1. The maximum Gasteiger partial charge on any atom is 0.280 e. The molecule has 8 heteroatoms. The van der Waals surface area contributed by atoms with Crippen LogP contribution in [0.2, 0.25) is 5.02 Å². The molecule has 0 aliphatic carbocycles. The molecule has 1 heterocycles. The van der Waals surface area contributed by atoms with Crippen LogP contribution in [0.3, 0.4) is 0 Å². The summed E-state index contributed by atoms with van der Waals surface area (Å²) in [5.41, 5.74) is 2.50. The van der Waals surface area contributed by atoms with Gasteiger partial charge in [0.2, 0.25) is 0 Å². The molecular weight excluding hydrogens is 468 g/mol. The van der Waals surface area contributed by atoms with Crippen molar-refractivity contribution in [2.75, 3.05) is 32.4 Å². The first kappa shape index (κ1) is 24.2. The van der Waals surface area contributed by atoms with Crippen molar-refractivity contribution in [3.05, 3.63) is 82.9 Å². The Bertz CT molecular complexity index is 1260. The van der Waals surface area contributed by atoms with Crippen molar-refractivity contribution in [1.29, 1.82) is 0 Å². The molecule has 0 saturated heterocycles. The van der Waals surface area contributed by atoms with Crippen LogP contribution in [0.15, 0.2) is 77.4 Å². The van der Waals surface area contributed by atoms with E-state index in [2.05, 4.69) is 5.10 Å². The average molecular weight is 493 g/mol. The first-order valence-electron chi connectivity index (χ1n) is 10.9. The van der Waals surface area contributed by atoms with Crippen LogP contribution in [0.25, 0.3) is 6.08 Å². The topological polar surface area (TPSA) is 69.6 Å². The lowest BCUT2D eigenvalue weighted by molar-refractivity contribution is -0.114. The Kier molecular flexibility index (Phi) is 7.57. The number of nitrogens with zero attached hydrogens (tertiary/aromatic N) is 2. The zero-order valence-corrected chi connectivity index (χ0v) is 20.4. The fourth-order valence-electron chi connectivity index (χ4n) is 3.53. The number of hydrogen-bond acceptors (Lipinski definition) is 6. The monoisotopic (exact) mass is 492 g/mol. The Hall–Kier alpha value is -3.97. The van der Waals surface area contributed by atoms with Gasteiger partial charge in [-0.2, -0.15) is 10.1 Å². The van der Waals surface area contributed by atoms with Crippen LogP contribution in [-0.4, -0.2) is 39.1 Å². The lowest BCUT2D eigenvalue weighted by atomic mass is 10.1. The maximum atomic E-state index is 13.0. The van der Waals surface area contributed by atoms with Crippen molar-refractivity contribution in [2.45, 2.75) is 6.92 Å². The molecule has 35 heavy (non-hydrogen) atoms. The van der Waals surface area contributed by atoms with Gasteiger partial charge in [-0.3, -0.25) is 4.79 Å². The van der Waals surface area contributed by atoms with Gasteiger partial charge < -0.3 is 18.9 Å². The van der Waals surface area contributed by atoms with Gasteiger partial charge in [-0.25, -0.2) is 0 Å². The molecule has 1 aliphatic rings. The van der Waals surface area contributed by atoms with Crippen LogP contribution >= 0.6 is 11.6 Å². The van der Waals surface area contributed by atoms with Crippen molar-refractivity contribution in [3.63, 3.8) is 0 Å². The zero-order valence-electron chi connectivity index (χ0n) is 19.7. The number of halogens is 1. The van der Waals surface area contributed by atoms with Crippen molar-refractivity contribution in [1.82, 2.24) is 0 Å². The first-order chi connectivity index (χ1) is 17.0. The fraction of sp³-hybridized carbons (Fsp3) is 0.185. The number of hydrogen-bond donors (Lipinski definition) is 0. The molecule has 0 saturated carbocycles. The second-order valence-electron chi connectivity index (χ2n) is 7.60. The maximum absolute atomic E-state index is 13.0. The highest BCUT2D eigenvalue weighted by Gasteiger charge is 2.28. The van der Waals surface area contributed by atoms with E-state index in [4.69, 9.17) is 30.5 Å². The molecule has 0 N–H and O–H groups in total. The summed E-state index contributed by atoms with van der Waals surface area (Å²) in [5.74, 6) is 2.11. The number of anilines is 1. The minimum atomic E-state index is -0.209. The number of benzene rings is 3. The molecule has 180 valence electrons. The van der Waals surface area contributed by atoms with E-state index in [1.165, 1.54) is 12.1 Å². The molecule has 0 aromatic heterocycles. The van der Waals surface area contributed by atoms with Crippen molar-refractivity contribution in [2.24, 2.45) is 5.10 Å². The third kappa shape index (κ3) is 5.58. The number of rotatable bonds is 9. The van der Waals surface area contributed by atoms with Gasteiger partial charge in [0, 0.05) is 0 Å². The van der Waals surface area contributed by atoms with E-state index in [-0.39, 0.29) is 12.5 Å². The van der Waals surface area contributed by atoms with Crippen LogP contribution in [0.5, 0.6) is 23.0 Å². The molecule has 4 rings (SSSR count). The van der Waals surface area contributed by atoms with Crippen molar-refractivity contribution >= 4 is 35.0 Å². The Labute approximate surface area is 209 Å². The van der Waals surface area contributed by atoms with Gasteiger partial charge in [0.25, 0.3) is 5.91 Å². The normalized spacial score (nSPS) is 14.2. The smallest absolute Gasteiger partial charge is 0.280 e. The quantitative estimate of drug-likeness (QED) is 0.286. The number of amides is 1. The number of methoxy groups -OCH3 is 2. The summed E-state index contributed by atoms with van der Waals surface area (Å²) in [6.45, 7) is 2.38. The van der Waals surface area contributed by atoms with E-state index < -0.39 is 0 Å². The highest BCUT2D eigenvalue weighted by Crippen LogP contribution is 2.37. The van der Waals surface area contributed by atoms with Crippen LogP contribution < -0.4 is 24.0 Å². The second kappa shape index (κ2) is 11.0. The van der Waals surface area contributed by atoms with E-state index in [1.807, 2.05) is 54.6 Å². The molecule has 3 aromatic carbocycles. The molecule has 1 amide bonds. The number of carbonyl (C=O) groups excluding carboxylic acids is 1. The summed E-state index contributed by atoms with van der Waals surface area (Å²) in [6.07, 6.45) is 1.75. The number of ether oxygens (including phenoxy) is 4. The summed E-state index contributed by atoms with van der Waals surface area (Å²) in [4.78, 5) is 13.0. The number of hydrazone groups is 1. The SMILES string of the molecule is COc1ccc(OCCOc2c(Cl)cc(C=C3C(=O)N(c4ccccc4)N=C3C)cc2OC)cc1. The molecule has 0 spiro atoms. The minimum Gasteiger partial charge on any atom is -0.497 e. The van der Waals surface area contributed by atoms with Gasteiger partial charge in [0.15, 0.2) is 11.5 Å². The summed E-state index contributed by atoms with van der Waals surface area (Å²) in [5, 5.41) is 6.16. The van der Waals surface area contributed by atoms with Crippen molar-refractivity contribution < 1.29 is 23.7 Å². The lowest BCUT2D eigenvalue weighted by Gasteiger charge is -2.14. The Morgan fingerprint density at radius 3 is 2.29 bits per heavy atom. The van der Waals surface area contributed by atoms with Gasteiger partial charge >= 0.3 is 0 Å². The second-order valence-corrected chi connectivity index (χ2v) is 8.01. The predicted molar refractivity (Wildman–Crippen MR) is 137 cm³/mol. The fourth-order valence-corrected chi connectivity index (χ4v) is 3.81. The average Bonchev–Trinajstić information content (AvgIpc) is 3.16. The Morgan fingerprint density at radius 1 is 0.914 bits per heavy atom. The molecular formula is C27H25ClN2O5. The largest absolute Gasteiger partial charge is 0.497 e. The third-order valence-corrected chi connectivity index (χ3v) is 5.56. The van der Waals surface area contributed by atoms with Gasteiger partial charge in [0.05, 0.1) is 36.2 Å². The molecule has 0 bridgehead atoms. The van der Waals surface area contributed by atoms with Gasteiger partial charge in [0.1, 0.15) is 24.7 Å². The zero-order chi connectivity index (χ0) is 24.8. The van der Waals surface area contributed by atoms with E-state index in [0.717, 1.165) is 5.75 Å². The molecule has 0 radical (unpaired) electrons. The molecule has 0 fully saturated rings.